The third-order valence-electron chi connectivity index (χ3n) is 5.42. The largest absolute Gasteiger partial charge is 0.464 e. The molecule has 0 aliphatic rings. The lowest BCUT2D eigenvalue weighted by molar-refractivity contribution is 0.0593. The molecule has 0 fully saturated rings. The zero-order valence-corrected chi connectivity index (χ0v) is 19.6. The second-order valence-electron chi connectivity index (χ2n) is 8.11. The van der Waals surface area contributed by atoms with E-state index in [4.69, 9.17) is 9.72 Å². The molecular weight excluding hydrogens is 432 g/mol. The van der Waals surface area contributed by atoms with Crippen LogP contribution >= 0.6 is 0 Å². The van der Waals surface area contributed by atoms with Gasteiger partial charge in [0, 0.05) is 27.7 Å². The third kappa shape index (κ3) is 4.45. The number of carbonyl (C=O) groups is 2. The van der Waals surface area contributed by atoms with Crippen molar-refractivity contribution in [2.75, 3.05) is 33.2 Å². The lowest BCUT2D eigenvalue weighted by Gasteiger charge is -2.17. The van der Waals surface area contributed by atoms with Crippen molar-refractivity contribution in [1.82, 2.24) is 24.6 Å². The van der Waals surface area contributed by atoms with Gasteiger partial charge < -0.3 is 19.1 Å². The van der Waals surface area contributed by atoms with Crippen LogP contribution in [0.1, 0.15) is 32.1 Å². The Labute approximate surface area is 197 Å². The number of fused-ring (bicyclic) bond motifs is 1. The van der Waals surface area contributed by atoms with Crippen molar-refractivity contribution in [3.63, 3.8) is 0 Å². The molecule has 174 valence electrons. The van der Waals surface area contributed by atoms with Crippen molar-refractivity contribution in [3.8, 4) is 0 Å². The summed E-state index contributed by atoms with van der Waals surface area (Å²) in [7, 11) is 6.69. The van der Waals surface area contributed by atoms with E-state index in [1.54, 1.807) is 11.9 Å². The maximum Gasteiger partial charge on any atom is 0.360 e. The van der Waals surface area contributed by atoms with Gasteiger partial charge in [-0.25, -0.2) is 9.78 Å². The molecule has 9 nitrogen and oxygen atoms in total. The highest BCUT2D eigenvalue weighted by molar-refractivity contribution is 6.08. The first kappa shape index (κ1) is 22.9. The van der Waals surface area contributed by atoms with Gasteiger partial charge in [0.2, 0.25) is 5.95 Å². The van der Waals surface area contributed by atoms with E-state index in [0.717, 1.165) is 11.1 Å². The zero-order valence-electron chi connectivity index (χ0n) is 19.6. The highest BCUT2D eigenvalue weighted by Crippen LogP contribution is 2.28. The summed E-state index contributed by atoms with van der Waals surface area (Å²) in [6.45, 7) is 0.820. The minimum Gasteiger partial charge on any atom is -0.464 e. The van der Waals surface area contributed by atoms with Crippen LogP contribution in [-0.2, 0) is 17.8 Å². The molecule has 0 bridgehead atoms. The Balaban J connectivity index is 1.86. The number of ether oxygens (including phenoxy) is 1. The van der Waals surface area contributed by atoms with Gasteiger partial charge in [0.25, 0.3) is 5.91 Å². The van der Waals surface area contributed by atoms with Crippen LogP contribution in [0, 0.1) is 0 Å². The fraction of sp³-hybridized carbons (Fsp3) is 0.240. The first-order valence-electron chi connectivity index (χ1n) is 10.8. The molecule has 0 spiro atoms. The number of carbonyl (C=O) groups excluding carboxylic acids is 2. The van der Waals surface area contributed by atoms with E-state index >= 15 is 0 Å². The van der Waals surface area contributed by atoms with Crippen LogP contribution in [0.5, 0.6) is 0 Å². The minimum atomic E-state index is -0.645. The van der Waals surface area contributed by atoms with E-state index in [1.807, 2.05) is 84.2 Å². The topological polar surface area (TPSA) is 93.4 Å². The number of aromatic nitrogens is 4. The molecule has 2 aromatic carbocycles. The van der Waals surface area contributed by atoms with E-state index in [-0.39, 0.29) is 17.3 Å². The molecule has 0 N–H and O–H groups in total. The molecular formula is C25H26N6O3. The number of nitrogens with zero attached hydrogens (tertiary/aromatic N) is 6. The monoisotopic (exact) mass is 458 g/mol. The molecule has 34 heavy (non-hydrogen) atoms. The highest BCUT2D eigenvalue weighted by Gasteiger charge is 2.28. The summed E-state index contributed by atoms with van der Waals surface area (Å²) < 4.78 is 6.82. The van der Waals surface area contributed by atoms with Gasteiger partial charge in [-0.05, 0) is 11.1 Å². The van der Waals surface area contributed by atoms with E-state index in [2.05, 4.69) is 10.2 Å². The number of esters is 1. The molecule has 0 aliphatic heterocycles. The molecule has 0 saturated carbocycles. The number of amides is 1. The second-order valence-corrected chi connectivity index (χ2v) is 8.11. The van der Waals surface area contributed by atoms with Crippen molar-refractivity contribution in [1.29, 1.82) is 0 Å². The molecule has 9 heteroatoms. The SMILES string of the molecule is COC(=O)c1nnc(C(=O)N(C)Cc2ccccc2)c2nc(N(C)C)n(Cc3ccccc3)c12. The van der Waals surface area contributed by atoms with Crippen LogP contribution in [0.15, 0.2) is 60.7 Å². The summed E-state index contributed by atoms with van der Waals surface area (Å²) in [6.07, 6.45) is 0. The van der Waals surface area contributed by atoms with Gasteiger partial charge in [0.15, 0.2) is 11.4 Å². The summed E-state index contributed by atoms with van der Waals surface area (Å²) >= 11 is 0. The van der Waals surface area contributed by atoms with E-state index in [0.29, 0.717) is 30.1 Å². The van der Waals surface area contributed by atoms with Crippen LogP contribution in [0.2, 0.25) is 0 Å². The lowest BCUT2D eigenvalue weighted by Crippen LogP contribution is -2.28. The molecule has 1 amide bonds. The number of imidazole rings is 1. The molecule has 2 heterocycles. The average Bonchev–Trinajstić information content (AvgIpc) is 3.23. The number of methoxy groups -OCH3 is 1. The Hall–Kier alpha value is -4.27. The fourth-order valence-electron chi connectivity index (χ4n) is 3.79. The van der Waals surface area contributed by atoms with Crippen LogP contribution in [0.4, 0.5) is 5.95 Å². The van der Waals surface area contributed by atoms with Gasteiger partial charge in [-0.1, -0.05) is 60.7 Å². The van der Waals surface area contributed by atoms with Crippen molar-refractivity contribution in [2.45, 2.75) is 13.1 Å². The van der Waals surface area contributed by atoms with Gasteiger partial charge in [0.1, 0.15) is 11.0 Å². The second kappa shape index (κ2) is 9.70. The van der Waals surface area contributed by atoms with Gasteiger partial charge >= 0.3 is 5.97 Å². The number of hydrogen-bond acceptors (Lipinski definition) is 7. The molecule has 0 radical (unpaired) electrons. The quantitative estimate of drug-likeness (QED) is 0.393. The normalized spacial score (nSPS) is 10.8. The smallest absolute Gasteiger partial charge is 0.360 e. The van der Waals surface area contributed by atoms with E-state index < -0.39 is 5.97 Å². The van der Waals surface area contributed by atoms with Crippen molar-refractivity contribution in [3.05, 3.63) is 83.2 Å². The van der Waals surface area contributed by atoms with Gasteiger partial charge in [-0.3, -0.25) is 4.79 Å². The summed E-state index contributed by atoms with van der Waals surface area (Å²) in [6, 6.07) is 19.5. The average molecular weight is 459 g/mol. The minimum absolute atomic E-state index is 0.0105. The fourth-order valence-corrected chi connectivity index (χ4v) is 3.79. The molecule has 4 rings (SSSR count). The van der Waals surface area contributed by atoms with Gasteiger partial charge in [0.05, 0.1) is 13.7 Å². The summed E-state index contributed by atoms with van der Waals surface area (Å²) in [5, 5.41) is 8.23. The summed E-state index contributed by atoms with van der Waals surface area (Å²) in [4.78, 5) is 34.1. The molecule has 0 atom stereocenters. The van der Waals surface area contributed by atoms with Crippen LogP contribution < -0.4 is 4.90 Å². The van der Waals surface area contributed by atoms with Crippen LogP contribution in [-0.4, -0.2) is 64.8 Å². The van der Waals surface area contributed by atoms with Crippen molar-refractivity contribution < 1.29 is 14.3 Å². The number of anilines is 1. The highest BCUT2D eigenvalue weighted by atomic mass is 16.5. The van der Waals surface area contributed by atoms with E-state index in [9.17, 15) is 9.59 Å². The van der Waals surface area contributed by atoms with Gasteiger partial charge in [-0.15, -0.1) is 10.2 Å². The molecule has 0 saturated heterocycles. The first-order chi connectivity index (χ1) is 16.4. The Bertz CT molecular complexity index is 1320. The Kier molecular flexibility index (Phi) is 6.53. The van der Waals surface area contributed by atoms with Crippen molar-refractivity contribution >= 4 is 28.9 Å². The molecule has 2 aromatic heterocycles. The predicted molar refractivity (Wildman–Crippen MR) is 129 cm³/mol. The Morgan fingerprint density at radius 1 is 0.882 bits per heavy atom. The molecule has 4 aromatic rings. The third-order valence-corrected chi connectivity index (χ3v) is 5.42. The number of hydrogen-bond donors (Lipinski definition) is 0. The molecule has 0 aliphatic carbocycles. The summed E-state index contributed by atoms with van der Waals surface area (Å²) in [5.74, 6) is -0.417. The Morgan fingerprint density at radius 3 is 2.06 bits per heavy atom. The predicted octanol–water partition coefficient (Wildman–Crippen LogP) is 3.00. The van der Waals surface area contributed by atoms with E-state index in [1.165, 1.54) is 7.11 Å². The van der Waals surface area contributed by atoms with Crippen LogP contribution in [0.25, 0.3) is 11.0 Å². The summed E-state index contributed by atoms with van der Waals surface area (Å²) in [5.41, 5.74) is 2.79. The first-order valence-corrected chi connectivity index (χ1v) is 10.8. The number of rotatable bonds is 7. The maximum absolute atomic E-state index is 13.4. The number of benzene rings is 2. The zero-order chi connectivity index (χ0) is 24.2. The molecule has 0 unspecified atom stereocenters. The van der Waals surface area contributed by atoms with Gasteiger partial charge in [-0.2, -0.15) is 0 Å². The van der Waals surface area contributed by atoms with Crippen molar-refractivity contribution in [2.24, 2.45) is 0 Å². The maximum atomic E-state index is 13.4. The lowest BCUT2D eigenvalue weighted by atomic mass is 10.2. The van der Waals surface area contributed by atoms with Crippen LogP contribution in [0.3, 0.4) is 0 Å². The standard InChI is InChI=1S/C25H26N6O3/c1-29(2)25-26-19-20(23(32)30(3)15-17-11-7-5-8-12-17)27-28-21(24(33)34-4)22(19)31(25)16-18-13-9-6-10-14-18/h5-14H,15-16H2,1-4H3. The Morgan fingerprint density at radius 2 is 1.47 bits per heavy atom.